The van der Waals surface area contributed by atoms with Gasteiger partial charge in [-0.1, -0.05) is 28.9 Å². The predicted octanol–water partition coefficient (Wildman–Crippen LogP) is 2.48. The molecule has 0 aliphatic heterocycles. The molecule has 0 saturated carbocycles. The maximum Gasteiger partial charge on any atom is 0.0576 e. The summed E-state index contributed by atoms with van der Waals surface area (Å²) in [5.74, 6) is 0. The molecule has 0 atom stereocenters. The number of rotatable bonds is 0. The minimum atomic E-state index is 0.574. The lowest BCUT2D eigenvalue weighted by Gasteiger charge is -1.65. The van der Waals surface area contributed by atoms with Crippen LogP contribution in [-0.4, -0.2) is 0 Å². The summed E-state index contributed by atoms with van der Waals surface area (Å²) in [4.78, 5) is 0. The van der Waals surface area contributed by atoms with Crippen LogP contribution in [0.25, 0.3) is 0 Å². The van der Waals surface area contributed by atoms with Crippen molar-refractivity contribution in [2.75, 3.05) is 0 Å². The maximum atomic E-state index is 5.27. The van der Waals surface area contributed by atoms with Gasteiger partial charge in [-0.3, -0.25) is 0 Å². The van der Waals surface area contributed by atoms with E-state index in [4.69, 9.17) is 23.2 Å². The Labute approximate surface area is 47.1 Å². The molecular formula is C4H4Cl2. The van der Waals surface area contributed by atoms with Gasteiger partial charge in [-0.15, -0.1) is 0 Å². The lowest BCUT2D eigenvalue weighted by Crippen LogP contribution is -1.41. The second-order valence-electron chi connectivity index (χ2n) is 0.787. The van der Waals surface area contributed by atoms with E-state index in [1.807, 2.05) is 0 Å². The fourth-order valence-electron chi connectivity index (χ4n) is 0.0752. The normalized spacial score (nSPS) is 6.50. The Hall–Kier alpha value is 0.1000. The minimum absolute atomic E-state index is 0.574. The Morgan fingerprint density at radius 2 is 2.33 bits per heavy atom. The molecule has 0 radical (unpaired) electrons. The Morgan fingerprint density at radius 1 is 1.83 bits per heavy atom. The predicted molar refractivity (Wildman–Crippen MR) is 29.0 cm³/mol. The van der Waals surface area contributed by atoms with Gasteiger partial charge in [0.1, 0.15) is 0 Å². The topological polar surface area (TPSA) is 0 Å². The molecule has 0 nitrogen and oxygen atoms in total. The maximum absolute atomic E-state index is 5.27. The average Bonchev–Trinajstić information content (AvgIpc) is 1.35. The third-order valence-corrected chi connectivity index (χ3v) is 0.472. The highest BCUT2D eigenvalue weighted by Crippen LogP contribution is 1.93. The van der Waals surface area contributed by atoms with Crippen molar-refractivity contribution in [1.29, 1.82) is 0 Å². The first-order valence-corrected chi connectivity index (χ1v) is 2.26. The van der Waals surface area contributed by atoms with Crippen LogP contribution in [0.5, 0.6) is 0 Å². The Kier molecular flexibility index (Phi) is 3.35. The molecule has 0 aliphatic carbocycles. The molecule has 0 amide bonds. The molecule has 0 heterocycles. The van der Waals surface area contributed by atoms with Gasteiger partial charge in [0.25, 0.3) is 0 Å². The highest BCUT2D eigenvalue weighted by Gasteiger charge is 1.64. The van der Waals surface area contributed by atoms with Gasteiger partial charge in [0, 0.05) is 5.54 Å². The van der Waals surface area contributed by atoms with E-state index >= 15 is 0 Å². The van der Waals surface area contributed by atoms with Gasteiger partial charge >= 0.3 is 0 Å². The molecule has 0 saturated heterocycles. The highest BCUT2D eigenvalue weighted by atomic mass is 35.5. The van der Waals surface area contributed by atoms with E-state index in [0.29, 0.717) is 5.03 Å². The smallest absolute Gasteiger partial charge is 0.0576 e. The summed E-state index contributed by atoms with van der Waals surface area (Å²) in [7, 11) is 0. The van der Waals surface area contributed by atoms with Crippen molar-refractivity contribution >= 4 is 23.2 Å². The molecule has 34 valence electrons. The van der Waals surface area contributed by atoms with Crippen LogP contribution < -0.4 is 0 Å². The number of hydrogen-bond donors (Lipinski definition) is 0. The van der Waals surface area contributed by atoms with Gasteiger partial charge in [0.05, 0.1) is 5.03 Å². The second-order valence-corrected chi connectivity index (χ2v) is 1.57. The van der Waals surface area contributed by atoms with Crippen LogP contribution in [-0.2, 0) is 0 Å². The Morgan fingerprint density at radius 3 is 2.33 bits per heavy atom. The van der Waals surface area contributed by atoms with Gasteiger partial charge < -0.3 is 0 Å². The van der Waals surface area contributed by atoms with Crippen LogP contribution in [0.2, 0.25) is 0 Å². The molecule has 0 aromatic carbocycles. The summed E-state index contributed by atoms with van der Waals surface area (Å²) in [6.45, 7) is 1.71. The first kappa shape index (κ1) is 6.10. The molecule has 0 aromatic heterocycles. The molecule has 0 N–H and O–H groups in total. The van der Waals surface area contributed by atoms with Crippen LogP contribution in [0.1, 0.15) is 6.92 Å². The van der Waals surface area contributed by atoms with Crippen molar-refractivity contribution < 1.29 is 0 Å². The van der Waals surface area contributed by atoms with Gasteiger partial charge in [0.15, 0.2) is 0 Å². The zero-order chi connectivity index (χ0) is 4.99. The molecule has 2 heteroatoms. The zero-order valence-electron chi connectivity index (χ0n) is 3.33. The largest absolute Gasteiger partial charge is 0.0930 e. The molecule has 0 aliphatic rings. The Bertz CT molecular complexity index is 83.7. The van der Waals surface area contributed by atoms with Crippen LogP contribution in [0, 0.1) is 0 Å². The standard InChI is InChI=1S/C4H4Cl2/c1-4(6)2-3-5/h3H,1H3. The van der Waals surface area contributed by atoms with Crippen molar-refractivity contribution in [1.82, 2.24) is 0 Å². The highest BCUT2D eigenvalue weighted by molar-refractivity contribution is 6.30. The molecule has 0 bridgehead atoms. The van der Waals surface area contributed by atoms with E-state index in [-0.39, 0.29) is 0 Å². The van der Waals surface area contributed by atoms with Crippen LogP contribution in [0.4, 0.5) is 0 Å². The van der Waals surface area contributed by atoms with E-state index in [2.05, 4.69) is 5.73 Å². The fraction of sp³-hybridized carbons (Fsp3) is 0.250. The van der Waals surface area contributed by atoms with Crippen molar-refractivity contribution in [3.63, 3.8) is 0 Å². The molecule has 0 spiro atoms. The first-order chi connectivity index (χ1) is 2.77. The second kappa shape index (κ2) is 3.30. The van der Waals surface area contributed by atoms with Gasteiger partial charge in [-0.2, -0.15) is 0 Å². The van der Waals surface area contributed by atoms with Crippen molar-refractivity contribution in [3.05, 3.63) is 16.3 Å². The summed E-state index contributed by atoms with van der Waals surface area (Å²) >= 11 is 10.3. The van der Waals surface area contributed by atoms with E-state index in [0.717, 1.165) is 0 Å². The van der Waals surface area contributed by atoms with Crippen LogP contribution in [0.3, 0.4) is 0 Å². The van der Waals surface area contributed by atoms with Gasteiger partial charge in [-0.05, 0) is 6.92 Å². The number of halogens is 2. The summed E-state index contributed by atoms with van der Waals surface area (Å²) in [6, 6.07) is 0. The molecule has 0 rings (SSSR count). The minimum Gasteiger partial charge on any atom is -0.0930 e. The summed E-state index contributed by atoms with van der Waals surface area (Å²) < 4.78 is 0. The van der Waals surface area contributed by atoms with Gasteiger partial charge in [0.2, 0.25) is 0 Å². The summed E-state index contributed by atoms with van der Waals surface area (Å²) in [5, 5.41) is 0.574. The molecular weight excluding hydrogens is 119 g/mol. The van der Waals surface area contributed by atoms with Crippen molar-refractivity contribution in [2.45, 2.75) is 6.92 Å². The van der Waals surface area contributed by atoms with Crippen LogP contribution >= 0.6 is 23.2 Å². The van der Waals surface area contributed by atoms with E-state index in [1.54, 1.807) is 6.92 Å². The third kappa shape index (κ3) is 4.10. The lowest BCUT2D eigenvalue weighted by molar-refractivity contribution is 1.70. The molecule has 0 aromatic rings. The Balaban J connectivity index is 3.73. The first-order valence-electron chi connectivity index (χ1n) is 1.45. The monoisotopic (exact) mass is 122 g/mol. The molecule has 6 heavy (non-hydrogen) atoms. The molecule has 0 fully saturated rings. The SMILES string of the molecule is CC(Cl)=C=CCl. The van der Waals surface area contributed by atoms with E-state index in [1.165, 1.54) is 5.54 Å². The quantitative estimate of drug-likeness (QED) is 0.434. The van der Waals surface area contributed by atoms with Crippen LogP contribution in [0.15, 0.2) is 16.3 Å². The third-order valence-electron chi connectivity index (χ3n) is 0.253. The number of hydrogen-bond acceptors (Lipinski definition) is 0. The average molecular weight is 123 g/mol. The zero-order valence-corrected chi connectivity index (χ0v) is 4.85. The van der Waals surface area contributed by atoms with Crippen molar-refractivity contribution in [2.24, 2.45) is 0 Å². The van der Waals surface area contributed by atoms with Crippen molar-refractivity contribution in [3.8, 4) is 0 Å². The summed E-state index contributed by atoms with van der Waals surface area (Å²) in [6.07, 6.45) is 0. The van der Waals surface area contributed by atoms with Gasteiger partial charge in [-0.25, -0.2) is 0 Å². The fourth-order valence-corrected chi connectivity index (χ4v) is 0.349. The summed E-state index contributed by atoms with van der Waals surface area (Å²) in [5.41, 5.74) is 3.78. The van der Waals surface area contributed by atoms with E-state index in [9.17, 15) is 0 Å². The van der Waals surface area contributed by atoms with E-state index < -0.39 is 0 Å². The lowest BCUT2D eigenvalue weighted by atomic mass is 10.7. The number of allylic oxidation sites excluding steroid dienone is 1. The molecule has 0 unspecified atom stereocenters.